The maximum atomic E-state index is 5.83. The zero-order valence-corrected chi connectivity index (χ0v) is 8.76. The summed E-state index contributed by atoms with van der Waals surface area (Å²) in [6.45, 7) is 0.707. The van der Waals surface area contributed by atoms with Crippen LogP contribution in [0.4, 0.5) is 0 Å². The standard InChI is InChI=1S/C14H11NO/c1-3-10-6-7-15-9-11-4-2-8-16-14(11)12(5-1)13(10)15/h1-7,9,14H,8H2. The van der Waals surface area contributed by atoms with Gasteiger partial charge in [-0.05, 0) is 6.07 Å². The molecule has 1 unspecified atom stereocenters. The van der Waals surface area contributed by atoms with E-state index in [1.807, 2.05) is 0 Å². The molecule has 0 radical (unpaired) electrons. The lowest BCUT2D eigenvalue weighted by atomic mass is 9.96. The van der Waals surface area contributed by atoms with Crippen LogP contribution in [0.15, 0.2) is 48.2 Å². The fourth-order valence-electron chi connectivity index (χ4n) is 2.63. The Morgan fingerprint density at radius 3 is 3.25 bits per heavy atom. The SMILES string of the molecule is C1=CC2=Cn3ccc4cccc(c43)C2OC1. The molecule has 0 bridgehead atoms. The highest BCUT2D eigenvalue weighted by Gasteiger charge is 2.25. The summed E-state index contributed by atoms with van der Waals surface area (Å²) in [5.74, 6) is 0. The van der Waals surface area contributed by atoms with Crippen molar-refractivity contribution in [3.63, 3.8) is 0 Å². The van der Waals surface area contributed by atoms with Gasteiger partial charge in [0.05, 0.1) is 12.1 Å². The maximum absolute atomic E-state index is 5.83. The second-order valence-electron chi connectivity index (χ2n) is 4.25. The molecule has 0 spiro atoms. The van der Waals surface area contributed by atoms with Gasteiger partial charge in [-0.2, -0.15) is 0 Å². The van der Waals surface area contributed by atoms with Crippen LogP contribution in [-0.4, -0.2) is 11.2 Å². The molecule has 1 aromatic carbocycles. The van der Waals surface area contributed by atoms with Crippen molar-refractivity contribution in [3.05, 3.63) is 53.8 Å². The van der Waals surface area contributed by atoms with E-state index in [1.54, 1.807) is 0 Å². The molecule has 3 heterocycles. The molecule has 2 heteroatoms. The number of rotatable bonds is 0. The molecule has 0 N–H and O–H groups in total. The van der Waals surface area contributed by atoms with Gasteiger partial charge in [-0.15, -0.1) is 0 Å². The minimum Gasteiger partial charge on any atom is -0.365 e. The van der Waals surface area contributed by atoms with Gasteiger partial charge in [0, 0.05) is 28.9 Å². The average Bonchev–Trinajstić information content (AvgIpc) is 2.75. The summed E-state index contributed by atoms with van der Waals surface area (Å²) >= 11 is 0. The molecule has 1 aromatic heterocycles. The van der Waals surface area contributed by atoms with Crippen molar-refractivity contribution < 1.29 is 4.74 Å². The zero-order chi connectivity index (χ0) is 10.5. The maximum Gasteiger partial charge on any atom is 0.111 e. The van der Waals surface area contributed by atoms with Crippen LogP contribution in [0.25, 0.3) is 17.1 Å². The molecule has 0 fully saturated rings. The Labute approximate surface area is 93.4 Å². The van der Waals surface area contributed by atoms with E-state index < -0.39 is 0 Å². The third-order valence-electron chi connectivity index (χ3n) is 3.31. The first-order chi connectivity index (χ1) is 7.93. The molecule has 2 aliphatic rings. The fourth-order valence-corrected chi connectivity index (χ4v) is 2.63. The predicted molar refractivity (Wildman–Crippen MR) is 64.0 cm³/mol. The summed E-state index contributed by atoms with van der Waals surface area (Å²) in [5, 5.41) is 1.28. The van der Waals surface area contributed by atoms with Crippen LogP contribution >= 0.6 is 0 Å². The topological polar surface area (TPSA) is 14.2 Å². The zero-order valence-electron chi connectivity index (χ0n) is 8.76. The van der Waals surface area contributed by atoms with Gasteiger partial charge in [-0.3, -0.25) is 0 Å². The van der Waals surface area contributed by atoms with Crippen LogP contribution in [0.2, 0.25) is 0 Å². The van der Waals surface area contributed by atoms with Gasteiger partial charge in [0.15, 0.2) is 0 Å². The Bertz CT molecular complexity index is 633. The Hall–Kier alpha value is -1.80. The molecular formula is C14H11NO. The van der Waals surface area contributed by atoms with Gasteiger partial charge >= 0.3 is 0 Å². The van der Waals surface area contributed by atoms with Gasteiger partial charge in [0.2, 0.25) is 0 Å². The quantitative estimate of drug-likeness (QED) is 0.650. The number of hydrogen-bond donors (Lipinski definition) is 0. The second kappa shape index (κ2) is 2.86. The van der Waals surface area contributed by atoms with Crippen LogP contribution in [0.3, 0.4) is 0 Å². The van der Waals surface area contributed by atoms with Crippen molar-refractivity contribution in [1.29, 1.82) is 0 Å². The Kier molecular flexibility index (Phi) is 1.50. The first-order valence-electron chi connectivity index (χ1n) is 5.53. The third kappa shape index (κ3) is 0.947. The average molecular weight is 209 g/mol. The van der Waals surface area contributed by atoms with Crippen LogP contribution in [0.5, 0.6) is 0 Å². The van der Waals surface area contributed by atoms with E-state index in [2.05, 4.69) is 53.4 Å². The molecular weight excluding hydrogens is 198 g/mol. The largest absolute Gasteiger partial charge is 0.365 e. The van der Waals surface area contributed by atoms with Crippen molar-refractivity contribution >= 4 is 17.1 Å². The second-order valence-corrected chi connectivity index (χ2v) is 4.25. The number of aromatic nitrogens is 1. The molecule has 2 nitrogen and oxygen atoms in total. The van der Waals surface area contributed by atoms with Crippen molar-refractivity contribution in [2.24, 2.45) is 0 Å². The van der Waals surface area contributed by atoms with Gasteiger partial charge in [0.25, 0.3) is 0 Å². The van der Waals surface area contributed by atoms with E-state index in [9.17, 15) is 0 Å². The fraction of sp³-hybridized carbons (Fsp3) is 0.143. The van der Waals surface area contributed by atoms with E-state index in [0.29, 0.717) is 6.61 Å². The minimum atomic E-state index is 0.121. The Balaban J connectivity index is 2.11. The van der Waals surface area contributed by atoms with Gasteiger partial charge in [0.1, 0.15) is 6.10 Å². The van der Waals surface area contributed by atoms with Crippen molar-refractivity contribution in [2.75, 3.05) is 6.61 Å². The van der Waals surface area contributed by atoms with Gasteiger partial charge < -0.3 is 9.30 Å². The normalized spacial score (nSPS) is 22.0. The first-order valence-corrected chi connectivity index (χ1v) is 5.53. The molecule has 1 atom stereocenters. The summed E-state index contributed by atoms with van der Waals surface area (Å²) in [6.07, 6.45) is 8.62. The van der Waals surface area contributed by atoms with E-state index >= 15 is 0 Å². The molecule has 0 aliphatic carbocycles. The van der Waals surface area contributed by atoms with Crippen LogP contribution in [0, 0.1) is 0 Å². The number of fused-ring (bicyclic) bond motifs is 2. The van der Waals surface area contributed by atoms with Crippen LogP contribution in [-0.2, 0) is 4.74 Å². The number of nitrogens with zero attached hydrogens (tertiary/aromatic N) is 1. The minimum absolute atomic E-state index is 0.121. The van der Waals surface area contributed by atoms with Crippen LogP contribution < -0.4 is 0 Å². The monoisotopic (exact) mass is 209 g/mol. The number of benzene rings is 1. The molecule has 4 rings (SSSR count). The summed E-state index contributed by atoms with van der Waals surface area (Å²) in [7, 11) is 0. The van der Waals surface area contributed by atoms with Crippen molar-refractivity contribution in [3.8, 4) is 0 Å². The van der Waals surface area contributed by atoms with Crippen molar-refractivity contribution in [1.82, 2.24) is 4.57 Å². The molecule has 2 aromatic rings. The summed E-state index contributed by atoms with van der Waals surface area (Å²) < 4.78 is 8.02. The number of para-hydroxylation sites is 1. The lowest BCUT2D eigenvalue weighted by molar-refractivity contribution is 0.0979. The highest BCUT2D eigenvalue weighted by molar-refractivity contribution is 5.88. The molecule has 0 saturated carbocycles. The van der Waals surface area contributed by atoms with Crippen LogP contribution in [0.1, 0.15) is 11.7 Å². The van der Waals surface area contributed by atoms with E-state index in [-0.39, 0.29) is 6.10 Å². The van der Waals surface area contributed by atoms with Crippen molar-refractivity contribution in [2.45, 2.75) is 6.10 Å². The lowest BCUT2D eigenvalue weighted by Crippen LogP contribution is -2.15. The van der Waals surface area contributed by atoms with Gasteiger partial charge in [-0.25, -0.2) is 0 Å². The predicted octanol–water partition coefficient (Wildman–Crippen LogP) is 3.12. The molecule has 78 valence electrons. The highest BCUT2D eigenvalue weighted by Crippen LogP contribution is 2.38. The first kappa shape index (κ1) is 8.36. The van der Waals surface area contributed by atoms with E-state index in [0.717, 1.165) is 0 Å². The Morgan fingerprint density at radius 1 is 1.25 bits per heavy atom. The smallest absolute Gasteiger partial charge is 0.111 e. The molecule has 2 aliphatic heterocycles. The highest BCUT2D eigenvalue weighted by atomic mass is 16.5. The number of hydrogen-bond acceptors (Lipinski definition) is 1. The Morgan fingerprint density at radius 2 is 2.25 bits per heavy atom. The van der Waals surface area contributed by atoms with Gasteiger partial charge in [-0.1, -0.05) is 30.4 Å². The third-order valence-corrected chi connectivity index (χ3v) is 3.31. The molecule has 16 heavy (non-hydrogen) atoms. The molecule has 0 amide bonds. The summed E-state index contributed by atoms with van der Waals surface area (Å²) in [4.78, 5) is 0. The van der Waals surface area contributed by atoms with E-state index in [4.69, 9.17) is 4.74 Å². The lowest BCUT2D eigenvalue weighted by Gasteiger charge is -2.27. The summed E-state index contributed by atoms with van der Waals surface area (Å²) in [6, 6.07) is 8.56. The molecule has 0 saturated heterocycles. The number of ether oxygens (including phenoxy) is 1. The summed E-state index contributed by atoms with van der Waals surface area (Å²) in [5.41, 5.74) is 3.80. The van der Waals surface area contributed by atoms with E-state index in [1.165, 1.54) is 22.0 Å².